The summed E-state index contributed by atoms with van der Waals surface area (Å²) in [6, 6.07) is 0. The number of aromatic amines is 1. The van der Waals surface area contributed by atoms with Crippen molar-refractivity contribution in [2.45, 2.75) is 13.8 Å². The van der Waals surface area contributed by atoms with Gasteiger partial charge in [0.2, 0.25) is 0 Å². The largest absolute Gasteiger partial charge is 0.394 e. The molecule has 0 aliphatic heterocycles. The first-order valence-corrected chi connectivity index (χ1v) is 4.37. The third-order valence-corrected chi connectivity index (χ3v) is 1.08. The first-order chi connectivity index (χ1) is 5.30. The Morgan fingerprint density at radius 1 is 1.42 bits per heavy atom. The molecular weight excluding hydrogens is 184 g/mol. The van der Waals surface area contributed by atoms with Gasteiger partial charge in [-0.15, -0.1) is 0 Å². The predicted molar refractivity (Wildman–Crippen MR) is 42.2 cm³/mol. The number of nitrogens with zero attached hydrogens (tertiary/aromatic N) is 1. The highest BCUT2D eigenvalue weighted by molar-refractivity contribution is 7.79. The van der Waals surface area contributed by atoms with Crippen molar-refractivity contribution in [3.8, 4) is 0 Å². The van der Waals surface area contributed by atoms with E-state index in [1.165, 1.54) is 5.56 Å². The number of H-pyrrole nitrogens is 1. The van der Waals surface area contributed by atoms with Crippen molar-refractivity contribution < 1.29 is 17.5 Å². The summed E-state index contributed by atoms with van der Waals surface area (Å²) in [5, 5.41) is 6.64. The Hall–Kier alpha value is -0.920. The first kappa shape index (κ1) is 11.1. The molecule has 6 nitrogen and oxygen atoms in total. The van der Waals surface area contributed by atoms with Gasteiger partial charge in [0.15, 0.2) is 0 Å². The van der Waals surface area contributed by atoms with Gasteiger partial charge >= 0.3 is 10.4 Å². The lowest BCUT2D eigenvalue weighted by Gasteiger charge is -1.76. The van der Waals surface area contributed by atoms with Crippen molar-refractivity contribution in [2.24, 2.45) is 0 Å². The molecule has 1 aromatic heterocycles. The van der Waals surface area contributed by atoms with Gasteiger partial charge in [0.25, 0.3) is 0 Å². The molecule has 0 spiro atoms. The van der Waals surface area contributed by atoms with Gasteiger partial charge in [-0.25, -0.2) is 0 Å². The van der Waals surface area contributed by atoms with E-state index in [2.05, 4.69) is 10.2 Å². The Labute approximate surface area is 70.2 Å². The standard InChI is InChI=1S/C5H8N2.H2O4S/c1-4-3-6-7-5(4)2;1-5(2,3)4/h3H,1-2H3,(H,6,7);(H2,1,2,3,4). The highest BCUT2D eigenvalue weighted by Gasteiger charge is 1.88. The van der Waals surface area contributed by atoms with Crippen LogP contribution in [-0.2, 0) is 10.4 Å². The molecule has 7 heteroatoms. The van der Waals surface area contributed by atoms with Crippen molar-refractivity contribution in [3.63, 3.8) is 0 Å². The normalized spacial score (nSPS) is 10.3. The van der Waals surface area contributed by atoms with Gasteiger partial charge in [-0.2, -0.15) is 13.5 Å². The third-order valence-electron chi connectivity index (χ3n) is 1.08. The summed E-state index contributed by atoms with van der Waals surface area (Å²) in [5.41, 5.74) is 2.31. The van der Waals surface area contributed by atoms with Crippen LogP contribution in [0.25, 0.3) is 0 Å². The molecule has 1 rings (SSSR count). The minimum absolute atomic E-state index is 1.08. The second kappa shape index (κ2) is 4.19. The van der Waals surface area contributed by atoms with Crippen molar-refractivity contribution in [1.82, 2.24) is 10.2 Å². The monoisotopic (exact) mass is 194 g/mol. The lowest BCUT2D eigenvalue weighted by atomic mass is 10.3. The summed E-state index contributed by atoms with van der Waals surface area (Å²) in [4.78, 5) is 0. The lowest BCUT2D eigenvalue weighted by molar-refractivity contribution is 0.381. The fraction of sp³-hybridized carbons (Fsp3) is 0.400. The Morgan fingerprint density at radius 3 is 1.92 bits per heavy atom. The molecule has 0 saturated carbocycles. The Bertz CT molecular complexity index is 304. The molecule has 0 saturated heterocycles. The molecule has 70 valence electrons. The van der Waals surface area contributed by atoms with Crippen LogP contribution in [0.4, 0.5) is 0 Å². The summed E-state index contributed by atoms with van der Waals surface area (Å²) >= 11 is 0. The van der Waals surface area contributed by atoms with E-state index in [4.69, 9.17) is 17.5 Å². The summed E-state index contributed by atoms with van der Waals surface area (Å²) in [5.74, 6) is 0. The molecule has 0 aromatic carbocycles. The van der Waals surface area contributed by atoms with Crippen LogP contribution in [0.2, 0.25) is 0 Å². The van der Waals surface area contributed by atoms with E-state index >= 15 is 0 Å². The van der Waals surface area contributed by atoms with Gasteiger partial charge in [-0.3, -0.25) is 14.2 Å². The molecule has 1 aromatic rings. The minimum atomic E-state index is -4.67. The van der Waals surface area contributed by atoms with Crippen LogP contribution in [0.1, 0.15) is 11.3 Å². The van der Waals surface area contributed by atoms with E-state index in [1.54, 1.807) is 0 Å². The van der Waals surface area contributed by atoms with E-state index < -0.39 is 10.4 Å². The minimum Gasteiger partial charge on any atom is -0.285 e. The van der Waals surface area contributed by atoms with Crippen LogP contribution < -0.4 is 0 Å². The van der Waals surface area contributed by atoms with E-state index in [0.29, 0.717) is 0 Å². The van der Waals surface area contributed by atoms with Gasteiger partial charge in [0.05, 0.1) is 5.69 Å². The molecular formula is C5H10N2O4S. The zero-order chi connectivity index (χ0) is 9.78. The first-order valence-electron chi connectivity index (χ1n) is 2.97. The van der Waals surface area contributed by atoms with Gasteiger partial charge in [0.1, 0.15) is 0 Å². The molecule has 0 fully saturated rings. The van der Waals surface area contributed by atoms with Gasteiger partial charge < -0.3 is 0 Å². The molecule has 0 aliphatic rings. The molecule has 0 unspecified atom stereocenters. The number of hydrogen-bond donors (Lipinski definition) is 3. The highest BCUT2D eigenvalue weighted by atomic mass is 32.3. The predicted octanol–water partition coefficient (Wildman–Crippen LogP) is 0.374. The molecule has 0 aliphatic carbocycles. The molecule has 0 amide bonds. The number of aryl methyl sites for hydroxylation is 2. The molecule has 12 heavy (non-hydrogen) atoms. The second-order valence-corrected chi connectivity index (χ2v) is 3.00. The van der Waals surface area contributed by atoms with Crippen molar-refractivity contribution >= 4 is 10.4 Å². The maximum Gasteiger partial charge on any atom is 0.394 e. The van der Waals surface area contributed by atoms with Crippen LogP contribution >= 0.6 is 0 Å². The lowest BCUT2D eigenvalue weighted by Crippen LogP contribution is -1.89. The van der Waals surface area contributed by atoms with Gasteiger partial charge in [-0.05, 0) is 19.4 Å². The van der Waals surface area contributed by atoms with Crippen LogP contribution in [-0.4, -0.2) is 27.7 Å². The molecule has 3 N–H and O–H groups in total. The quantitative estimate of drug-likeness (QED) is 0.518. The maximum atomic E-state index is 8.74. The highest BCUT2D eigenvalue weighted by Crippen LogP contribution is 1.96. The number of rotatable bonds is 0. The summed E-state index contributed by atoms with van der Waals surface area (Å²) in [6.07, 6.45) is 1.88. The second-order valence-electron chi connectivity index (χ2n) is 2.10. The van der Waals surface area contributed by atoms with E-state index in [9.17, 15) is 0 Å². The van der Waals surface area contributed by atoms with E-state index in [-0.39, 0.29) is 0 Å². The number of nitrogens with one attached hydrogen (secondary N) is 1. The van der Waals surface area contributed by atoms with Gasteiger partial charge in [-0.1, -0.05) is 0 Å². The zero-order valence-corrected chi connectivity index (χ0v) is 7.46. The van der Waals surface area contributed by atoms with Crippen molar-refractivity contribution in [3.05, 3.63) is 17.5 Å². The summed E-state index contributed by atoms with van der Waals surface area (Å²) in [6.45, 7) is 4.00. The van der Waals surface area contributed by atoms with Crippen molar-refractivity contribution in [1.29, 1.82) is 0 Å². The summed E-state index contributed by atoms with van der Waals surface area (Å²) in [7, 11) is -4.67. The van der Waals surface area contributed by atoms with E-state index in [0.717, 1.165) is 5.69 Å². The average molecular weight is 194 g/mol. The number of aromatic nitrogens is 2. The fourth-order valence-corrected chi connectivity index (χ4v) is 0.419. The Kier molecular flexibility index (Phi) is 3.87. The van der Waals surface area contributed by atoms with Crippen molar-refractivity contribution in [2.75, 3.05) is 0 Å². The molecule has 1 heterocycles. The molecule has 0 atom stereocenters. The topological polar surface area (TPSA) is 103 Å². The summed E-state index contributed by atoms with van der Waals surface area (Å²) < 4.78 is 31.6. The smallest absolute Gasteiger partial charge is 0.285 e. The maximum absolute atomic E-state index is 8.74. The zero-order valence-electron chi connectivity index (χ0n) is 6.64. The fourth-order valence-electron chi connectivity index (χ4n) is 0.419. The van der Waals surface area contributed by atoms with Gasteiger partial charge in [0, 0.05) is 6.20 Å². The third kappa shape index (κ3) is 7.19. The van der Waals surface area contributed by atoms with E-state index in [1.807, 2.05) is 20.0 Å². The van der Waals surface area contributed by atoms with Crippen LogP contribution in [0.15, 0.2) is 6.20 Å². The Morgan fingerprint density at radius 2 is 1.83 bits per heavy atom. The van der Waals surface area contributed by atoms with Crippen LogP contribution in [0, 0.1) is 13.8 Å². The molecule has 0 bridgehead atoms. The number of hydrogen-bond acceptors (Lipinski definition) is 3. The average Bonchev–Trinajstić information content (AvgIpc) is 2.12. The van der Waals surface area contributed by atoms with Crippen LogP contribution in [0.5, 0.6) is 0 Å². The molecule has 0 radical (unpaired) electrons. The Balaban J connectivity index is 0.000000217. The van der Waals surface area contributed by atoms with Crippen LogP contribution in [0.3, 0.4) is 0 Å². The SMILES string of the molecule is Cc1c[nH]nc1C.O=S(=O)(O)O.